The summed E-state index contributed by atoms with van der Waals surface area (Å²) in [4.78, 5) is 12.9. The molecule has 1 amide bonds. The molecule has 0 spiro atoms. The van der Waals surface area contributed by atoms with Crippen LogP contribution in [-0.2, 0) is 10.2 Å². The molecule has 0 radical (unpaired) electrons. The fraction of sp³-hybridized carbons (Fsp3) is 0.611. The van der Waals surface area contributed by atoms with Crippen LogP contribution in [0.4, 0.5) is 4.39 Å². The summed E-state index contributed by atoms with van der Waals surface area (Å²) in [5.74, 6) is -0.146. The molecule has 0 aromatic heterocycles. The molecule has 118 valence electrons. The number of carbonyl (C=O) groups is 1. The van der Waals surface area contributed by atoms with Crippen molar-refractivity contribution in [1.29, 1.82) is 0 Å². The van der Waals surface area contributed by atoms with Gasteiger partial charge in [-0.05, 0) is 56.2 Å². The Morgan fingerprint density at radius 1 is 1.23 bits per heavy atom. The molecule has 22 heavy (non-hydrogen) atoms. The minimum Gasteiger partial charge on any atom is -0.352 e. The molecule has 4 rings (SSSR count). The zero-order valence-electron chi connectivity index (χ0n) is 12.8. The second-order valence-electron chi connectivity index (χ2n) is 7.23. The normalized spacial score (nSPS) is 32.3. The zero-order valence-corrected chi connectivity index (χ0v) is 12.8. The van der Waals surface area contributed by atoms with Crippen LogP contribution in [0, 0.1) is 5.82 Å². The smallest absolute Gasteiger partial charge is 0.230 e. The van der Waals surface area contributed by atoms with Gasteiger partial charge in [-0.2, -0.15) is 0 Å². The number of nitrogens with one attached hydrogen (secondary N) is 2. The number of benzene rings is 1. The van der Waals surface area contributed by atoms with Crippen molar-refractivity contribution in [3.8, 4) is 0 Å². The molecule has 2 N–H and O–H groups in total. The molecule has 2 unspecified atom stereocenters. The maximum atomic E-state index is 13.6. The van der Waals surface area contributed by atoms with Crippen molar-refractivity contribution in [2.24, 2.45) is 0 Å². The molecule has 3 nitrogen and oxygen atoms in total. The van der Waals surface area contributed by atoms with Crippen LogP contribution in [0.25, 0.3) is 0 Å². The van der Waals surface area contributed by atoms with Gasteiger partial charge >= 0.3 is 0 Å². The van der Waals surface area contributed by atoms with Gasteiger partial charge < -0.3 is 10.6 Å². The van der Waals surface area contributed by atoms with Gasteiger partial charge in [0.2, 0.25) is 5.91 Å². The molecular weight excluding hydrogens is 279 g/mol. The minimum atomic E-state index is -0.494. The van der Waals surface area contributed by atoms with Gasteiger partial charge in [0.05, 0.1) is 5.41 Å². The number of hydrogen-bond acceptors (Lipinski definition) is 2. The van der Waals surface area contributed by atoms with Crippen LogP contribution in [0.15, 0.2) is 24.3 Å². The third-order valence-electron chi connectivity index (χ3n) is 5.83. The lowest BCUT2D eigenvalue weighted by Gasteiger charge is -2.42. The largest absolute Gasteiger partial charge is 0.352 e. The van der Waals surface area contributed by atoms with Crippen LogP contribution in [0.2, 0.25) is 0 Å². The first-order valence-corrected chi connectivity index (χ1v) is 8.49. The molecule has 1 aromatic carbocycles. The lowest BCUT2D eigenvalue weighted by atomic mass is 9.63. The summed E-state index contributed by atoms with van der Waals surface area (Å²) >= 11 is 0. The van der Waals surface area contributed by atoms with Crippen LogP contribution in [-0.4, -0.2) is 24.0 Å². The van der Waals surface area contributed by atoms with Crippen molar-refractivity contribution in [2.45, 2.75) is 68.5 Å². The van der Waals surface area contributed by atoms with Gasteiger partial charge in [0.1, 0.15) is 5.82 Å². The molecule has 3 aliphatic rings. The molecule has 2 heterocycles. The van der Waals surface area contributed by atoms with E-state index >= 15 is 0 Å². The van der Waals surface area contributed by atoms with Crippen LogP contribution >= 0.6 is 0 Å². The summed E-state index contributed by atoms with van der Waals surface area (Å²) in [6, 6.07) is 7.99. The van der Waals surface area contributed by atoms with Crippen molar-refractivity contribution in [3.05, 3.63) is 35.6 Å². The number of halogens is 1. The SMILES string of the molecule is O=C(NC1CC2CCC(C1)N2)C1(c2cccc(F)c2)CCC1. The molecule has 2 atom stereocenters. The highest BCUT2D eigenvalue weighted by Crippen LogP contribution is 2.44. The average molecular weight is 302 g/mol. The Labute approximate surface area is 130 Å². The maximum absolute atomic E-state index is 13.6. The van der Waals surface area contributed by atoms with Gasteiger partial charge in [0.25, 0.3) is 0 Å². The Hall–Kier alpha value is -1.42. The predicted molar refractivity (Wildman–Crippen MR) is 83.0 cm³/mol. The number of rotatable bonds is 3. The van der Waals surface area contributed by atoms with E-state index in [1.807, 2.05) is 6.07 Å². The highest BCUT2D eigenvalue weighted by molar-refractivity contribution is 5.89. The number of carbonyl (C=O) groups excluding carboxylic acids is 1. The fourth-order valence-corrected chi connectivity index (χ4v) is 4.46. The van der Waals surface area contributed by atoms with Crippen LogP contribution in [0.3, 0.4) is 0 Å². The van der Waals surface area contributed by atoms with Crippen molar-refractivity contribution in [3.63, 3.8) is 0 Å². The monoisotopic (exact) mass is 302 g/mol. The first-order valence-electron chi connectivity index (χ1n) is 8.49. The van der Waals surface area contributed by atoms with Crippen molar-refractivity contribution < 1.29 is 9.18 Å². The summed E-state index contributed by atoms with van der Waals surface area (Å²) in [5.41, 5.74) is 0.347. The average Bonchev–Trinajstić information content (AvgIpc) is 2.77. The van der Waals surface area contributed by atoms with Gasteiger partial charge in [-0.25, -0.2) is 4.39 Å². The molecule has 2 bridgehead atoms. The van der Waals surface area contributed by atoms with E-state index in [-0.39, 0.29) is 17.8 Å². The number of amides is 1. The quantitative estimate of drug-likeness (QED) is 0.901. The van der Waals surface area contributed by atoms with E-state index in [9.17, 15) is 9.18 Å². The highest BCUT2D eigenvalue weighted by Gasteiger charge is 2.47. The Bertz CT molecular complexity index is 572. The highest BCUT2D eigenvalue weighted by atomic mass is 19.1. The molecule has 1 saturated carbocycles. The summed E-state index contributed by atoms with van der Waals surface area (Å²) in [6.45, 7) is 0. The van der Waals surface area contributed by atoms with Crippen LogP contribution < -0.4 is 10.6 Å². The van der Waals surface area contributed by atoms with Gasteiger partial charge in [-0.1, -0.05) is 18.6 Å². The lowest BCUT2D eigenvalue weighted by molar-refractivity contribution is -0.131. The predicted octanol–water partition coefficient (Wildman–Crippen LogP) is 2.65. The Morgan fingerprint density at radius 3 is 2.55 bits per heavy atom. The van der Waals surface area contributed by atoms with E-state index < -0.39 is 5.41 Å². The number of piperidine rings is 1. The summed E-state index contributed by atoms with van der Waals surface area (Å²) < 4.78 is 13.6. The lowest BCUT2D eigenvalue weighted by Crippen LogP contribution is -2.55. The van der Waals surface area contributed by atoms with E-state index in [4.69, 9.17) is 0 Å². The van der Waals surface area contributed by atoms with E-state index in [0.29, 0.717) is 12.1 Å². The summed E-state index contributed by atoms with van der Waals surface area (Å²) in [6.07, 6.45) is 7.22. The fourth-order valence-electron chi connectivity index (χ4n) is 4.46. The molecule has 2 aliphatic heterocycles. The van der Waals surface area contributed by atoms with Gasteiger partial charge in [0, 0.05) is 18.1 Å². The number of hydrogen-bond donors (Lipinski definition) is 2. The van der Waals surface area contributed by atoms with Gasteiger partial charge in [0.15, 0.2) is 0 Å². The van der Waals surface area contributed by atoms with Crippen LogP contribution in [0.5, 0.6) is 0 Å². The first kappa shape index (κ1) is 14.2. The minimum absolute atomic E-state index is 0.107. The van der Waals surface area contributed by atoms with Gasteiger partial charge in [-0.3, -0.25) is 4.79 Å². The topological polar surface area (TPSA) is 41.1 Å². The molecule has 4 heteroatoms. The van der Waals surface area contributed by atoms with Crippen LogP contribution in [0.1, 0.15) is 50.5 Å². The molecule has 3 fully saturated rings. The molecule has 2 saturated heterocycles. The van der Waals surface area contributed by atoms with E-state index in [1.54, 1.807) is 6.07 Å². The molecular formula is C18H23FN2O. The van der Waals surface area contributed by atoms with Crippen molar-refractivity contribution in [2.75, 3.05) is 0 Å². The Kier molecular flexibility index (Phi) is 3.44. The Morgan fingerprint density at radius 2 is 1.95 bits per heavy atom. The van der Waals surface area contributed by atoms with Gasteiger partial charge in [-0.15, -0.1) is 0 Å². The maximum Gasteiger partial charge on any atom is 0.230 e. The van der Waals surface area contributed by atoms with Crippen molar-refractivity contribution in [1.82, 2.24) is 10.6 Å². The number of fused-ring (bicyclic) bond motifs is 2. The zero-order chi connectivity index (χ0) is 15.2. The standard InChI is InChI=1S/C18H23FN2O/c19-13-4-1-3-12(9-13)18(7-2-8-18)17(22)21-16-10-14-5-6-15(11-16)20-14/h1,3-4,9,14-16,20H,2,5-8,10-11H2,(H,21,22). The van der Waals surface area contributed by atoms with E-state index in [2.05, 4.69) is 10.6 Å². The second kappa shape index (κ2) is 5.34. The second-order valence-corrected chi connectivity index (χ2v) is 7.23. The molecule has 1 aliphatic carbocycles. The Balaban J connectivity index is 1.50. The molecule has 1 aromatic rings. The third-order valence-corrected chi connectivity index (χ3v) is 5.83. The first-order chi connectivity index (χ1) is 10.7. The summed E-state index contributed by atoms with van der Waals surface area (Å²) in [7, 11) is 0. The third kappa shape index (κ3) is 2.34. The van der Waals surface area contributed by atoms with E-state index in [0.717, 1.165) is 37.7 Å². The van der Waals surface area contributed by atoms with E-state index in [1.165, 1.54) is 25.0 Å². The van der Waals surface area contributed by atoms with Crippen molar-refractivity contribution >= 4 is 5.91 Å². The summed E-state index contributed by atoms with van der Waals surface area (Å²) in [5, 5.41) is 6.88.